The fourth-order valence-corrected chi connectivity index (χ4v) is 3.03. The van der Waals surface area contributed by atoms with E-state index < -0.39 is 5.97 Å². The van der Waals surface area contributed by atoms with Crippen LogP contribution < -0.4 is 5.32 Å². The van der Waals surface area contributed by atoms with Crippen LogP contribution in [0.5, 0.6) is 0 Å². The second-order valence-corrected chi connectivity index (χ2v) is 5.68. The van der Waals surface area contributed by atoms with Gasteiger partial charge < -0.3 is 15.3 Å². The first-order valence-corrected chi connectivity index (χ1v) is 7.97. The van der Waals surface area contributed by atoms with Crippen LogP contribution in [0.1, 0.15) is 49.8 Å². The third-order valence-corrected chi connectivity index (χ3v) is 4.05. The lowest BCUT2D eigenvalue weighted by molar-refractivity contribution is -0.137. The van der Waals surface area contributed by atoms with Gasteiger partial charge in [-0.15, -0.1) is 0 Å². The molecule has 0 aliphatic heterocycles. The number of nitrogens with one attached hydrogen (secondary N) is 1. The molecule has 0 bridgehead atoms. The van der Waals surface area contributed by atoms with Crippen LogP contribution in [0.3, 0.4) is 0 Å². The highest BCUT2D eigenvalue weighted by atomic mass is 16.4. The summed E-state index contributed by atoms with van der Waals surface area (Å²) in [5.74, 6) is -0.829. The lowest BCUT2D eigenvalue weighted by Crippen LogP contribution is -2.42. The minimum Gasteiger partial charge on any atom is -0.481 e. The van der Waals surface area contributed by atoms with E-state index in [0.717, 1.165) is 19.3 Å². The normalized spacial score (nSPS) is 16.1. The molecule has 22 heavy (non-hydrogen) atoms. The second kappa shape index (κ2) is 7.82. The first-order chi connectivity index (χ1) is 10.6. The number of hydrogen-bond donors (Lipinski definition) is 2. The number of carbonyl (C=O) groups excluding carboxylic acids is 1. The molecule has 0 aromatic heterocycles. The van der Waals surface area contributed by atoms with Gasteiger partial charge in [-0.2, -0.15) is 0 Å². The lowest BCUT2D eigenvalue weighted by atomic mass is 10.1. The molecule has 120 valence electrons. The van der Waals surface area contributed by atoms with Crippen molar-refractivity contribution in [2.75, 3.05) is 13.1 Å². The van der Waals surface area contributed by atoms with Crippen LogP contribution in [-0.2, 0) is 11.2 Å². The molecule has 1 aliphatic carbocycles. The number of hydrogen-bond acceptors (Lipinski definition) is 2. The number of carbonyl (C=O) groups is 2. The van der Waals surface area contributed by atoms with Crippen LogP contribution in [0.25, 0.3) is 0 Å². The maximum Gasteiger partial charge on any atom is 0.317 e. The number of carboxylic acid groups (broad SMARTS) is 1. The summed E-state index contributed by atoms with van der Waals surface area (Å²) in [4.78, 5) is 24.8. The summed E-state index contributed by atoms with van der Waals surface area (Å²) >= 11 is 0. The van der Waals surface area contributed by atoms with Gasteiger partial charge in [-0.1, -0.05) is 31.2 Å². The summed E-state index contributed by atoms with van der Waals surface area (Å²) in [6.07, 6.45) is 3.42. The molecule has 1 aromatic carbocycles. The first kappa shape index (κ1) is 16.3. The Morgan fingerprint density at radius 3 is 2.86 bits per heavy atom. The van der Waals surface area contributed by atoms with Gasteiger partial charge in [0.05, 0.1) is 6.04 Å². The molecular formula is C17H24N2O3. The van der Waals surface area contributed by atoms with Crippen molar-refractivity contribution in [3.63, 3.8) is 0 Å². The summed E-state index contributed by atoms with van der Waals surface area (Å²) in [5, 5.41) is 11.5. The fourth-order valence-electron chi connectivity index (χ4n) is 3.03. The number of rotatable bonds is 7. The SMILES string of the molecule is CCCN(C(=O)NCCCC(=O)O)C1CCc2ccccc21. The molecule has 0 spiro atoms. The van der Waals surface area contributed by atoms with Crippen LogP contribution >= 0.6 is 0 Å². The molecule has 2 amide bonds. The van der Waals surface area contributed by atoms with Crippen molar-refractivity contribution in [3.05, 3.63) is 35.4 Å². The van der Waals surface area contributed by atoms with Crippen molar-refractivity contribution in [3.8, 4) is 0 Å². The van der Waals surface area contributed by atoms with E-state index in [1.807, 2.05) is 17.0 Å². The van der Waals surface area contributed by atoms with E-state index in [0.29, 0.717) is 19.5 Å². The number of carboxylic acids is 1. The number of benzene rings is 1. The molecule has 0 saturated carbocycles. The fraction of sp³-hybridized carbons (Fsp3) is 0.529. The van der Waals surface area contributed by atoms with Gasteiger partial charge in [-0.25, -0.2) is 4.79 Å². The molecule has 1 aromatic rings. The molecule has 2 N–H and O–H groups in total. The highest BCUT2D eigenvalue weighted by Crippen LogP contribution is 2.35. The number of amides is 2. The zero-order valence-corrected chi connectivity index (χ0v) is 13.0. The van der Waals surface area contributed by atoms with Crippen LogP contribution in [0.2, 0.25) is 0 Å². The molecule has 2 rings (SSSR count). The lowest BCUT2D eigenvalue weighted by Gasteiger charge is -2.29. The van der Waals surface area contributed by atoms with E-state index >= 15 is 0 Å². The van der Waals surface area contributed by atoms with Crippen LogP contribution in [0.15, 0.2) is 24.3 Å². The number of nitrogens with zero attached hydrogens (tertiary/aromatic N) is 1. The molecule has 1 aliphatic rings. The highest BCUT2D eigenvalue weighted by Gasteiger charge is 2.30. The van der Waals surface area contributed by atoms with Gasteiger partial charge in [0, 0.05) is 19.5 Å². The van der Waals surface area contributed by atoms with Gasteiger partial charge in [0.25, 0.3) is 0 Å². The van der Waals surface area contributed by atoms with E-state index in [1.165, 1.54) is 11.1 Å². The summed E-state index contributed by atoms with van der Waals surface area (Å²) < 4.78 is 0. The Bertz CT molecular complexity index is 530. The van der Waals surface area contributed by atoms with Gasteiger partial charge in [-0.3, -0.25) is 4.79 Å². The van der Waals surface area contributed by atoms with Gasteiger partial charge in [-0.05, 0) is 36.8 Å². The Morgan fingerprint density at radius 1 is 1.36 bits per heavy atom. The quantitative estimate of drug-likeness (QED) is 0.761. The third-order valence-electron chi connectivity index (χ3n) is 4.05. The van der Waals surface area contributed by atoms with Gasteiger partial charge in [0.15, 0.2) is 0 Å². The van der Waals surface area contributed by atoms with Gasteiger partial charge >= 0.3 is 12.0 Å². The monoisotopic (exact) mass is 304 g/mol. The number of aryl methyl sites for hydroxylation is 1. The molecule has 5 nitrogen and oxygen atoms in total. The van der Waals surface area contributed by atoms with Crippen LogP contribution in [0, 0.1) is 0 Å². The van der Waals surface area contributed by atoms with Crippen molar-refractivity contribution >= 4 is 12.0 Å². The predicted octanol–water partition coefficient (Wildman–Crippen LogP) is 2.96. The summed E-state index contributed by atoms with van der Waals surface area (Å²) in [6.45, 7) is 3.18. The van der Waals surface area contributed by atoms with E-state index in [4.69, 9.17) is 5.11 Å². The topological polar surface area (TPSA) is 69.6 Å². The van der Waals surface area contributed by atoms with Gasteiger partial charge in [0.1, 0.15) is 0 Å². The van der Waals surface area contributed by atoms with Crippen molar-refractivity contribution in [1.82, 2.24) is 10.2 Å². The smallest absolute Gasteiger partial charge is 0.317 e. The number of aliphatic carboxylic acids is 1. The minimum absolute atomic E-state index is 0.0837. The zero-order valence-electron chi connectivity index (χ0n) is 13.0. The standard InChI is InChI=1S/C17H24N2O3/c1-2-12-19(17(22)18-11-5-8-16(20)21)15-10-9-13-6-3-4-7-14(13)15/h3-4,6-7,15H,2,5,8-12H2,1H3,(H,18,22)(H,20,21). The molecule has 0 fully saturated rings. The van der Waals surface area contributed by atoms with E-state index in [9.17, 15) is 9.59 Å². The minimum atomic E-state index is -0.829. The average molecular weight is 304 g/mol. The van der Waals surface area contributed by atoms with Gasteiger partial charge in [0.2, 0.25) is 0 Å². The van der Waals surface area contributed by atoms with E-state index in [-0.39, 0.29) is 18.5 Å². The Hall–Kier alpha value is -2.04. The van der Waals surface area contributed by atoms with E-state index in [1.54, 1.807) is 0 Å². The Morgan fingerprint density at radius 2 is 2.14 bits per heavy atom. The largest absolute Gasteiger partial charge is 0.481 e. The van der Waals surface area contributed by atoms with Crippen molar-refractivity contribution < 1.29 is 14.7 Å². The summed E-state index contributed by atoms with van der Waals surface area (Å²) in [6, 6.07) is 8.34. The van der Waals surface area contributed by atoms with Crippen molar-refractivity contribution in [2.45, 2.75) is 45.1 Å². The van der Waals surface area contributed by atoms with Crippen molar-refractivity contribution in [2.24, 2.45) is 0 Å². The maximum absolute atomic E-state index is 12.4. The average Bonchev–Trinajstić information content (AvgIpc) is 2.92. The highest BCUT2D eigenvalue weighted by molar-refractivity contribution is 5.75. The van der Waals surface area contributed by atoms with E-state index in [2.05, 4.69) is 24.4 Å². The number of urea groups is 1. The molecule has 1 atom stereocenters. The molecule has 5 heteroatoms. The summed E-state index contributed by atoms with van der Waals surface area (Å²) in [7, 11) is 0. The second-order valence-electron chi connectivity index (χ2n) is 5.68. The molecule has 1 unspecified atom stereocenters. The van der Waals surface area contributed by atoms with Crippen LogP contribution in [-0.4, -0.2) is 35.1 Å². The Kier molecular flexibility index (Phi) is 5.81. The zero-order chi connectivity index (χ0) is 15.9. The van der Waals surface area contributed by atoms with Crippen molar-refractivity contribution in [1.29, 1.82) is 0 Å². The molecule has 0 radical (unpaired) electrons. The maximum atomic E-state index is 12.4. The molecule has 0 heterocycles. The molecular weight excluding hydrogens is 280 g/mol. The molecule has 0 saturated heterocycles. The Balaban J connectivity index is 1.98. The predicted molar refractivity (Wildman–Crippen MR) is 84.8 cm³/mol. The third kappa shape index (κ3) is 4.00. The summed E-state index contributed by atoms with van der Waals surface area (Å²) in [5.41, 5.74) is 2.57. The first-order valence-electron chi connectivity index (χ1n) is 7.97. The number of fused-ring (bicyclic) bond motifs is 1. The Labute approximate surface area is 131 Å². The van der Waals surface area contributed by atoms with Crippen LogP contribution in [0.4, 0.5) is 4.79 Å².